The van der Waals surface area contributed by atoms with Gasteiger partial charge in [-0.3, -0.25) is 4.79 Å². The van der Waals surface area contributed by atoms with Crippen LogP contribution in [-0.2, 0) is 11.2 Å². The Bertz CT molecular complexity index is 850. The van der Waals surface area contributed by atoms with Gasteiger partial charge in [-0.15, -0.1) is 10.2 Å². The van der Waals surface area contributed by atoms with Gasteiger partial charge in [0.25, 0.3) is 5.91 Å². The molecule has 3 aromatic rings. The molecule has 0 unspecified atom stereocenters. The number of azo groups is 1. The van der Waals surface area contributed by atoms with Gasteiger partial charge in [0.05, 0.1) is 11.9 Å². The number of fused-ring (bicyclic) bond motifs is 1. The lowest BCUT2D eigenvalue weighted by molar-refractivity contribution is -0.117. The van der Waals surface area contributed by atoms with Crippen LogP contribution in [0.1, 0.15) is 5.56 Å². The second-order valence-electron chi connectivity index (χ2n) is 4.88. The molecule has 0 aliphatic carbocycles. The SMILES string of the molecule is Nc1ccc(CC(=O)N=Nc2c(O)[nH]c3ccccc23)cc1. The number of para-hydroxylation sites is 1. The second-order valence-corrected chi connectivity index (χ2v) is 4.88. The Balaban J connectivity index is 1.79. The van der Waals surface area contributed by atoms with E-state index in [0.717, 1.165) is 11.1 Å². The van der Waals surface area contributed by atoms with Crippen molar-refractivity contribution in [3.63, 3.8) is 0 Å². The van der Waals surface area contributed by atoms with Gasteiger partial charge in [0.1, 0.15) is 0 Å². The number of aromatic hydroxyl groups is 1. The zero-order valence-corrected chi connectivity index (χ0v) is 11.7. The minimum Gasteiger partial charge on any atom is -0.493 e. The normalized spacial score (nSPS) is 11.3. The maximum absolute atomic E-state index is 11.9. The van der Waals surface area contributed by atoms with E-state index >= 15 is 0 Å². The van der Waals surface area contributed by atoms with Crippen molar-refractivity contribution in [2.45, 2.75) is 6.42 Å². The lowest BCUT2D eigenvalue weighted by Crippen LogP contribution is -1.98. The zero-order chi connectivity index (χ0) is 15.5. The van der Waals surface area contributed by atoms with Crippen LogP contribution in [0.15, 0.2) is 58.8 Å². The molecule has 0 radical (unpaired) electrons. The lowest BCUT2D eigenvalue weighted by atomic mass is 10.1. The first kappa shape index (κ1) is 13.8. The molecule has 0 saturated heterocycles. The minimum absolute atomic E-state index is 0.106. The van der Waals surface area contributed by atoms with E-state index in [1.54, 1.807) is 30.3 Å². The number of benzene rings is 2. The molecule has 1 heterocycles. The number of carbonyl (C=O) groups is 1. The predicted octanol–water partition coefficient (Wildman–Crippen LogP) is 3.31. The molecule has 1 amide bonds. The van der Waals surface area contributed by atoms with Crippen LogP contribution in [0.25, 0.3) is 10.9 Å². The molecule has 0 atom stereocenters. The molecule has 110 valence electrons. The fraction of sp³-hybridized carbons (Fsp3) is 0.0625. The number of nitrogen functional groups attached to an aromatic ring is 1. The number of H-pyrrole nitrogens is 1. The van der Waals surface area contributed by atoms with E-state index in [0.29, 0.717) is 11.1 Å². The van der Waals surface area contributed by atoms with Crippen LogP contribution in [0.3, 0.4) is 0 Å². The molecule has 0 saturated carbocycles. The molecule has 4 N–H and O–H groups in total. The first-order chi connectivity index (χ1) is 10.6. The summed E-state index contributed by atoms with van der Waals surface area (Å²) < 4.78 is 0. The average Bonchev–Trinajstić information content (AvgIpc) is 2.83. The van der Waals surface area contributed by atoms with Crippen molar-refractivity contribution >= 4 is 28.2 Å². The number of nitrogens with zero attached hydrogens (tertiary/aromatic N) is 2. The van der Waals surface area contributed by atoms with Gasteiger partial charge in [0, 0.05) is 11.1 Å². The highest BCUT2D eigenvalue weighted by atomic mass is 16.3. The summed E-state index contributed by atoms with van der Waals surface area (Å²) in [5, 5.41) is 18.1. The summed E-state index contributed by atoms with van der Waals surface area (Å²) >= 11 is 0. The fourth-order valence-corrected chi connectivity index (χ4v) is 2.17. The number of aromatic nitrogens is 1. The van der Waals surface area contributed by atoms with E-state index in [1.807, 2.05) is 18.2 Å². The molecule has 1 aromatic heterocycles. The maximum Gasteiger partial charge on any atom is 0.269 e. The third-order valence-corrected chi connectivity index (χ3v) is 3.26. The van der Waals surface area contributed by atoms with Gasteiger partial charge < -0.3 is 15.8 Å². The van der Waals surface area contributed by atoms with Crippen molar-refractivity contribution in [3.8, 4) is 5.88 Å². The van der Waals surface area contributed by atoms with Gasteiger partial charge in [-0.2, -0.15) is 0 Å². The molecule has 0 bridgehead atoms. The second kappa shape index (κ2) is 5.69. The molecule has 2 aromatic carbocycles. The van der Waals surface area contributed by atoms with Crippen molar-refractivity contribution in [1.82, 2.24) is 4.98 Å². The highest BCUT2D eigenvalue weighted by Crippen LogP contribution is 2.35. The summed E-state index contributed by atoms with van der Waals surface area (Å²) in [5.41, 5.74) is 8.04. The van der Waals surface area contributed by atoms with Crippen LogP contribution >= 0.6 is 0 Å². The number of nitrogens with one attached hydrogen (secondary N) is 1. The first-order valence-corrected chi connectivity index (χ1v) is 6.72. The van der Waals surface area contributed by atoms with Gasteiger partial charge >= 0.3 is 0 Å². The highest BCUT2D eigenvalue weighted by Gasteiger charge is 2.10. The number of hydrogen-bond donors (Lipinski definition) is 3. The Morgan fingerprint density at radius 3 is 2.64 bits per heavy atom. The number of aromatic amines is 1. The minimum atomic E-state index is -0.394. The third-order valence-electron chi connectivity index (χ3n) is 3.26. The molecule has 0 aliphatic rings. The summed E-state index contributed by atoms with van der Waals surface area (Å²) in [5.74, 6) is -0.500. The molecule has 0 fully saturated rings. The number of hydrogen-bond acceptors (Lipinski definition) is 4. The zero-order valence-electron chi connectivity index (χ0n) is 11.7. The first-order valence-electron chi connectivity index (χ1n) is 6.72. The number of rotatable bonds is 3. The number of nitrogens with two attached hydrogens (primary N) is 1. The van der Waals surface area contributed by atoms with Gasteiger partial charge in [0.2, 0.25) is 5.88 Å². The number of carbonyl (C=O) groups excluding carboxylic acids is 1. The standard InChI is InChI=1S/C16H14N4O2/c17-11-7-5-10(6-8-11)9-14(21)19-20-15-12-3-1-2-4-13(12)18-16(15)22/h1-8,18,22H,9,17H2. The van der Waals surface area contributed by atoms with Crippen molar-refractivity contribution in [3.05, 3.63) is 54.1 Å². The van der Waals surface area contributed by atoms with E-state index < -0.39 is 5.91 Å². The summed E-state index contributed by atoms with van der Waals surface area (Å²) in [6, 6.07) is 14.3. The van der Waals surface area contributed by atoms with Crippen molar-refractivity contribution < 1.29 is 9.90 Å². The monoisotopic (exact) mass is 294 g/mol. The van der Waals surface area contributed by atoms with Gasteiger partial charge in [-0.05, 0) is 23.8 Å². The highest BCUT2D eigenvalue weighted by molar-refractivity contribution is 5.94. The average molecular weight is 294 g/mol. The van der Waals surface area contributed by atoms with E-state index in [2.05, 4.69) is 15.2 Å². The van der Waals surface area contributed by atoms with Crippen LogP contribution in [0, 0.1) is 0 Å². The van der Waals surface area contributed by atoms with Crippen molar-refractivity contribution in [2.75, 3.05) is 5.73 Å². The van der Waals surface area contributed by atoms with Crippen LogP contribution in [-0.4, -0.2) is 16.0 Å². The molecule has 6 heteroatoms. The van der Waals surface area contributed by atoms with Crippen LogP contribution in [0.4, 0.5) is 11.4 Å². The van der Waals surface area contributed by atoms with Crippen LogP contribution in [0.2, 0.25) is 0 Å². The van der Waals surface area contributed by atoms with E-state index in [-0.39, 0.29) is 18.0 Å². The molecule has 0 spiro atoms. The Labute approximate surface area is 126 Å². The molecule has 3 rings (SSSR count). The summed E-state index contributed by atoms with van der Waals surface area (Å²) in [6.45, 7) is 0. The van der Waals surface area contributed by atoms with Crippen LogP contribution in [0.5, 0.6) is 5.88 Å². The molecule has 22 heavy (non-hydrogen) atoms. The van der Waals surface area contributed by atoms with E-state index in [4.69, 9.17) is 5.73 Å². The molecule has 6 nitrogen and oxygen atoms in total. The number of anilines is 1. The quantitative estimate of drug-likeness (QED) is 0.510. The smallest absolute Gasteiger partial charge is 0.269 e. The summed E-state index contributed by atoms with van der Waals surface area (Å²) in [4.78, 5) is 14.6. The Morgan fingerprint density at radius 2 is 1.86 bits per heavy atom. The lowest BCUT2D eigenvalue weighted by Gasteiger charge is -1.97. The maximum atomic E-state index is 11.9. The van der Waals surface area contributed by atoms with Gasteiger partial charge in [-0.1, -0.05) is 30.3 Å². The third kappa shape index (κ3) is 2.80. The Morgan fingerprint density at radius 1 is 1.14 bits per heavy atom. The van der Waals surface area contributed by atoms with Crippen molar-refractivity contribution in [1.29, 1.82) is 0 Å². The van der Waals surface area contributed by atoms with Gasteiger partial charge in [0.15, 0.2) is 5.69 Å². The summed E-state index contributed by atoms with van der Waals surface area (Å²) in [6.07, 6.45) is 0.132. The molecular weight excluding hydrogens is 280 g/mol. The fourth-order valence-electron chi connectivity index (χ4n) is 2.17. The number of amides is 1. The van der Waals surface area contributed by atoms with Crippen LogP contribution < -0.4 is 5.73 Å². The van der Waals surface area contributed by atoms with E-state index in [1.165, 1.54) is 0 Å². The largest absolute Gasteiger partial charge is 0.493 e. The summed E-state index contributed by atoms with van der Waals surface area (Å²) in [7, 11) is 0. The van der Waals surface area contributed by atoms with E-state index in [9.17, 15) is 9.90 Å². The van der Waals surface area contributed by atoms with Gasteiger partial charge in [-0.25, -0.2) is 0 Å². The topological polar surface area (TPSA) is 104 Å². The molecular formula is C16H14N4O2. The Hall–Kier alpha value is -3.15. The molecule has 0 aliphatic heterocycles. The predicted molar refractivity (Wildman–Crippen MR) is 84.0 cm³/mol. The Kier molecular flexibility index (Phi) is 3.57. The van der Waals surface area contributed by atoms with Crippen molar-refractivity contribution in [2.24, 2.45) is 10.2 Å².